The Balaban J connectivity index is 2.06. The van der Waals surface area contributed by atoms with E-state index in [1.165, 1.54) is 0 Å². The van der Waals surface area contributed by atoms with E-state index in [1.54, 1.807) is 48.1 Å². The van der Waals surface area contributed by atoms with Crippen LogP contribution in [0.15, 0.2) is 64.9 Å². The zero-order chi connectivity index (χ0) is 23.7. The van der Waals surface area contributed by atoms with Crippen molar-refractivity contribution in [3.8, 4) is 0 Å². The molecule has 0 spiro atoms. The number of hydrogen-bond acceptors (Lipinski definition) is 4. The fourth-order valence-electron chi connectivity index (χ4n) is 4.49. The normalized spacial score (nSPS) is 21.5. The van der Waals surface area contributed by atoms with Gasteiger partial charge < -0.3 is 9.80 Å². The molecule has 7 nitrogen and oxygen atoms in total. The third-order valence-electron chi connectivity index (χ3n) is 5.74. The number of carbonyl (C=O) groups is 2. The highest BCUT2D eigenvalue weighted by atomic mass is 16.2. The molecule has 1 aliphatic rings. The minimum atomic E-state index is -1.03. The minimum Gasteiger partial charge on any atom is -0.323 e. The summed E-state index contributed by atoms with van der Waals surface area (Å²) >= 11 is 0. The monoisotopic (exact) mass is 435 g/mol. The maximum Gasteiger partial charge on any atom is 0.256 e. The molecule has 1 fully saturated rings. The van der Waals surface area contributed by atoms with Crippen molar-refractivity contribution >= 4 is 17.5 Å². The maximum absolute atomic E-state index is 13.8. The lowest BCUT2D eigenvalue weighted by Crippen LogP contribution is -2.56. The SMILES string of the molecule is CN(C)N=Nc1cccc(C[C@@]2(C)C(=O)N(C)[C@H](C(C)(C)C)N2C(=O)c2ccccc2)c1. The van der Waals surface area contributed by atoms with Crippen LogP contribution in [0.5, 0.6) is 0 Å². The van der Waals surface area contributed by atoms with E-state index in [0.29, 0.717) is 17.7 Å². The zero-order valence-corrected chi connectivity index (χ0v) is 20.0. The molecule has 0 saturated carbocycles. The first-order valence-corrected chi connectivity index (χ1v) is 10.8. The first-order valence-electron chi connectivity index (χ1n) is 10.8. The van der Waals surface area contributed by atoms with E-state index in [4.69, 9.17) is 0 Å². The van der Waals surface area contributed by atoms with Gasteiger partial charge in [-0.2, -0.15) is 0 Å². The average molecular weight is 436 g/mol. The van der Waals surface area contributed by atoms with E-state index in [2.05, 4.69) is 31.1 Å². The number of amides is 2. The smallest absolute Gasteiger partial charge is 0.256 e. The van der Waals surface area contributed by atoms with Crippen LogP contribution in [0.1, 0.15) is 43.6 Å². The quantitative estimate of drug-likeness (QED) is 0.512. The van der Waals surface area contributed by atoms with Gasteiger partial charge in [0.2, 0.25) is 5.91 Å². The van der Waals surface area contributed by atoms with Crippen LogP contribution in [0.3, 0.4) is 0 Å². The summed E-state index contributed by atoms with van der Waals surface area (Å²) in [6.07, 6.45) is 0.0106. The first-order chi connectivity index (χ1) is 14.9. The third kappa shape index (κ3) is 4.52. The van der Waals surface area contributed by atoms with Gasteiger partial charge in [0.15, 0.2) is 0 Å². The second-order valence-corrected chi connectivity index (χ2v) is 9.85. The lowest BCUT2D eigenvalue weighted by atomic mass is 9.87. The Morgan fingerprint density at radius 3 is 2.34 bits per heavy atom. The molecule has 0 unspecified atom stereocenters. The highest BCUT2D eigenvalue weighted by Gasteiger charge is 2.58. The van der Waals surface area contributed by atoms with E-state index < -0.39 is 5.54 Å². The van der Waals surface area contributed by atoms with Gasteiger partial charge >= 0.3 is 0 Å². The summed E-state index contributed by atoms with van der Waals surface area (Å²) in [7, 11) is 5.40. The molecule has 0 aromatic heterocycles. The Morgan fingerprint density at radius 1 is 1.09 bits per heavy atom. The van der Waals surface area contributed by atoms with Crippen molar-refractivity contribution in [3.63, 3.8) is 0 Å². The van der Waals surface area contributed by atoms with Crippen LogP contribution in [0.2, 0.25) is 0 Å². The predicted octanol–water partition coefficient (Wildman–Crippen LogP) is 4.53. The molecule has 2 amide bonds. The van der Waals surface area contributed by atoms with Crippen LogP contribution in [-0.2, 0) is 11.2 Å². The Hall–Kier alpha value is -3.22. The molecule has 0 aliphatic carbocycles. The molecule has 32 heavy (non-hydrogen) atoms. The predicted molar refractivity (Wildman–Crippen MR) is 125 cm³/mol. The number of likely N-dealkylation sites (N-methyl/N-ethyl adjacent to an activating group) is 1. The molecule has 7 heteroatoms. The fraction of sp³-hybridized carbons (Fsp3) is 0.440. The minimum absolute atomic E-state index is 0.0676. The summed E-state index contributed by atoms with van der Waals surface area (Å²) in [5, 5.41) is 9.91. The van der Waals surface area contributed by atoms with E-state index in [1.807, 2.05) is 49.4 Å². The van der Waals surface area contributed by atoms with Gasteiger partial charge in [0.1, 0.15) is 11.7 Å². The summed E-state index contributed by atoms with van der Waals surface area (Å²) < 4.78 is 0. The summed E-state index contributed by atoms with van der Waals surface area (Å²) in [5.74, 6) is -0.212. The zero-order valence-electron chi connectivity index (χ0n) is 20.0. The second-order valence-electron chi connectivity index (χ2n) is 9.85. The van der Waals surface area contributed by atoms with Crippen LogP contribution < -0.4 is 0 Å². The van der Waals surface area contributed by atoms with Crippen LogP contribution in [0.4, 0.5) is 5.69 Å². The topological polar surface area (TPSA) is 68.6 Å². The molecule has 170 valence electrons. The van der Waals surface area contributed by atoms with E-state index >= 15 is 0 Å². The summed E-state index contributed by atoms with van der Waals surface area (Å²) in [5.41, 5.74) is 0.840. The van der Waals surface area contributed by atoms with Crippen molar-refractivity contribution in [1.29, 1.82) is 0 Å². The van der Waals surface area contributed by atoms with E-state index in [-0.39, 0.29) is 23.4 Å². The van der Waals surface area contributed by atoms with Gasteiger partial charge in [-0.15, -0.1) is 5.11 Å². The summed E-state index contributed by atoms with van der Waals surface area (Å²) in [6.45, 7) is 8.04. The molecule has 0 bridgehead atoms. The van der Waals surface area contributed by atoms with Gasteiger partial charge in [0.05, 0.1) is 5.69 Å². The number of nitrogens with zero attached hydrogens (tertiary/aromatic N) is 5. The van der Waals surface area contributed by atoms with Gasteiger partial charge in [-0.25, -0.2) is 0 Å². The largest absolute Gasteiger partial charge is 0.323 e. The molecule has 1 aliphatic heterocycles. The van der Waals surface area contributed by atoms with Crippen molar-refractivity contribution in [2.75, 3.05) is 21.1 Å². The molecule has 1 saturated heterocycles. The van der Waals surface area contributed by atoms with Gasteiger partial charge in [-0.3, -0.25) is 14.6 Å². The Labute approximate surface area is 190 Å². The maximum atomic E-state index is 13.8. The highest BCUT2D eigenvalue weighted by molar-refractivity contribution is 6.01. The van der Waals surface area contributed by atoms with Crippen molar-refractivity contribution in [1.82, 2.24) is 14.8 Å². The first kappa shape index (κ1) is 23.4. The average Bonchev–Trinajstić information content (AvgIpc) is 2.93. The molecule has 2 atom stereocenters. The van der Waals surface area contributed by atoms with Crippen molar-refractivity contribution in [3.05, 3.63) is 65.7 Å². The van der Waals surface area contributed by atoms with Crippen molar-refractivity contribution < 1.29 is 9.59 Å². The molecule has 2 aromatic carbocycles. The van der Waals surface area contributed by atoms with Gasteiger partial charge in [0.25, 0.3) is 5.91 Å². The summed E-state index contributed by atoms with van der Waals surface area (Å²) in [6, 6.07) is 16.8. The third-order valence-corrected chi connectivity index (χ3v) is 5.74. The molecule has 2 aromatic rings. The van der Waals surface area contributed by atoms with Crippen LogP contribution in [0, 0.1) is 5.41 Å². The Bertz CT molecular complexity index is 1010. The van der Waals surface area contributed by atoms with Gasteiger partial charge in [-0.05, 0) is 36.8 Å². The number of carbonyl (C=O) groups excluding carboxylic acids is 2. The number of benzene rings is 2. The molecule has 1 heterocycles. The molecular formula is C25H33N5O2. The fourth-order valence-corrected chi connectivity index (χ4v) is 4.49. The van der Waals surface area contributed by atoms with E-state index in [0.717, 1.165) is 5.56 Å². The Morgan fingerprint density at radius 2 is 1.75 bits per heavy atom. The number of rotatable bonds is 5. The van der Waals surface area contributed by atoms with Crippen molar-refractivity contribution in [2.45, 2.75) is 45.8 Å². The molecular weight excluding hydrogens is 402 g/mol. The lowest BCUT2D eigenvalue weighted by Gasteiger charge is -2.42. The number of hydrogen-bond donors (Lipinski definition) is 0. The van der Waals surface area contributed by atoms with E-state index in [9.17, 15) is 9.59 Å². The molecule has 3 rings (SSSR count). The van der Waals surface area contributed by atoms with Crippen molar-refractivity contribution in [2.24, 2.45) is 15.8 Å². The molecule has 0 radical (unpaired) electrons. The van der Waals surface area contributed by atoms with Crippen LogP contribution in [-0.4, -0.2) is 59.5 Å². The van der Waals surface area contributed by atoms with Gasteiger partial charge in [-0.1, -0.05) is 56.3 Å². The van der Waals surface area contributed by atoms with Crippen LogP contribution >= 0.6 is 0 Å². The highest BCUT2D eigenvalue weighted by Crippen LogP contribution is 2.42. The Kier molecular flexibility index (Phi) is 6.39. The summed E-state index contributed by atoms with van der Waals surface area (Å²) in [4.78, 5) is 30.9. The molecule has 0 N–H and O–H groups in total. The van der Waals surface area contributed by atoms with Crippen LogP contribution in [0.25, 0.3) is 0 Å². The van der Waals surface area contributed by atoms with Gasteiger partial charge in [0, 0.05) is 38.5 Å². The lowest BCUT2D eigenvalue weighted by molar-refractivity contribution is -0.132. The standard InChI is InChI=1S/C25H33N5O2/c1-24(2,3)22-29(7)23(32)25(4,30(22)21(31)19-13-9-8-10-14-19)17-18-12-11-15-20(16-18)26-27-28(5)6/h8-16,22H,17H2,1-7H3/t22-,25-/m0/s1. The second kappa shape index (κ2) is 8.73.